The van der Waals surface area contributed by atoms with E-state index in [0.29, 0.717) is 18.9 Å². The van der Waals surface area contributed by atoms with Crippen molar-refractivity contribution >= 4 is 23.6 Å². The predicted molar refractivity (Wildman–Crippen MR) is 108 cm³/mol. The molecule has 1 aromatic heterocycles. The molecule has 1 saturated heterocycles. The van der Waals surface area contributed by atoms with Crippen LogP contribution in [-0.4, -0.2) is 59.8 Å². The topological polar surface area (TPSA) is 72.3 Å². The predicted octanol–water partition coefficient (Wildman–Crippen LogP) is 2.42. The summed E-state index contributed by atoms with van der Waals surface area (Å²) in [6.07, 6.45) is 3.16. The Morgan fingerprint density at radius 3 is 2.67 bits per heavy atom. The molecule has 0 unspecified atom stereocenters. The van der Waals surface area contributed by atoms with Crippen molar-refractivity contribution in [3.8, 4) is 5.69 Å². The summed E-state index contributed by atoms with van der Waals surface area (Å²) < 4.78 is 7.06. The number of methoxy groups -OCH3 is 1. The molecule has 2 aromatic rings. The summed E-state index contributed by atoms with van der Waals surface area (Å²) in [5.41, 5.74) is 2.23. The second-order valence-electron chi connectivity index (χ2n) is 6.63. The molecular formula is C19H27N5O2S. The fraction of sp³-hybridized carbons (Fsp3) is 0.526. The molecule has 1 N–H and O–H groups in total. The molecule has 1 aromatic carbocycles. The van der Waals surface area contributed by atoms with E-state index >= 15 is 0 Å². The first-order valence-electron chi connectivity index (χ1n) is 9.35. The van der Waals surface area contributed by atoms with Crippen LogP contribution in [0, 0.1) is 6.92 Å². The maximum Gasteiger partial charge on any atom is 0.232 e. The van der Waals surface area contributed by atoms with Crippen LogP contribution < -0.4 is 10.2 Å². The van der Waals surface area contributed by atoms with Gasteiger partial charge in [0.15, 0.2) is 5.16 Å². The molecule has 7 nitrogen and oxygen atoms in total. The minimum atomic E-state index is -0.00252. The molecule has 0 radical (unpaired) electrons. The van der Waals surface area contributed by atoms with E-state index in [1.807, 2.05) is 0 Å². The highest BCUT2D eigenvalue weighted by atomic mass is 32.2. The van der Waals surface area contributed by atoms with Crippen molar-refractivity contribution < 1.29 is 9.53 Å². The van der Waals surface area contributed by atoms with E-state index in [1.165, 1.54) is 30.2 Å². The molecule has 0 aliphatic carbocycles. The first-order valence-corrected chi connectivity index (χ1v) is 10.3. The van der Waals surface area contributed by atoms with E-state index in [0.717, 1.165) is 36.3 Å². The summed E-state index contributed by atoms with van der Waals surface area (Å²) in [5, 5.41) is 12.5. The first kappa shape index (κ1) is 19.7. The fourth-order valence-corrected chi connectivity index (χ4v) is 3.80. The van der Waals surface area contributed by atoms with E-state index in [1.54, 1.807) is 7.11 Å². The molecule has 1 aliphatic rings. The number of ether oxygens (including phenoxy) is 1. The molecule has 0 atom stereocenters. The second kappa shape index (κ2) is 9.75. The van der Waals surface area contributed by atoms with Crippen LogP contribution in [-0.2, 0) is 9.53 Å². The average molecular weight is 390 g/mol. The van der Waals surface area contributed by atoms with Crippen molar-refractivity contribution in [2.45, 2.75) is 31.3 Å². The van der Waals surface area contributed by atoms with Gasteiger partial charge in [0.1, 0.15) is 0 Å². The van der Waals surface area contributed by atoms with Gasteiger partial charge in [0, 0.05) is 33.4 Å². The van der Waals surface area contributed by atoms with Gasteiger partial charge in [-0.1, -0.05) is 29.5 Å². The van der Waals surface area contributed by atoms with Crippen molar-refractivity contribution in [1.82, 2.24) is 20.1 Å². The summed E-state index contributed by atoms with van der Waals surface area (Å²) in [6, 6.07) is 8.32. The van der Waals surface area contributed by atoms with E-state index in [2.05, 4.69) is 56.2 Å². The minimum Gasteiger partial charge on any atom is -0.385 e. The SMILES string of the molecule is COCCCNC(=O)CSc1nnc(N2CCCC2)n1-c1ccc(C)cc1. The van der Waals surface area contributed by atoms with Gasteiger partial charge in [-0.05, 0) is 38.3 Å². The molecule has 0 saturated carbocycles. The quantitative estimate of drug-likeness (QED) is 0.525. The number of rotatable bonds is 9. The Hall–Kier alpha value is -2.06. The molecule has 3 rings (SSSR count). The Bertz CT molecular complexity index is 741. The van der Waals surface area contributed by atoms with Gasteiger partial charge in [-0.3, -0.25) is 9.36 Å². The van der Waals surface area contributed by atoms with Crippen molar-refractivity contribution in [2.24, 2.45) is 0 Å². The van der Waals surface area contributed by atoms with Gasteiger partial charge >= 0.3 is 0 Å². The largest absolute Gasteiger partial charge is 0.385 e. The number of hydrogen-bond acceptors (Lipinski definition) is 6. The zero-order chi connectivity index (χ0) is 19.1. The van der Waals surface area contributed by atoms with Gasteiger partial charge in [-0.25, -0.2) is 0 Å². The third kappa shape index (κ3) is 5.23. The monoisotopic (exact) mass is 389 g/mol. The number of aryl methyl sites for hydroxylation is 1. The highest BCUT2D eigenvalue weighted by Gasteiger charge is 2.22. The molecule has 0 bridgehead atoms. The molecule has 1 aliphatic heterocycles. The van der Waals surface area contributed by atoms with Crippen LogP contribution in [0.4, 0.5) is 5.95 Å². The zero-order valence-corrected chi connectivity index (χ0v) is 16.8. The van der Waals surface area contributed by atoms with Crippen LogP contribution in [0.3, 0.4) is 0 Å². The highest BCUT2D eigenvalue weighted by Crippen LogP contribution is 2.28. The summed E-state index contributed by atoms with van der Waals surface area (Å²) in [7, 11) is 1.66. The molecule has 27 heavy (non-hydrogen) atoms. The number of benzene rings is 1. The van der Waals surface area contributed by atoms with Crippen molar-refractivity contribution in [3.05, 3.63) is 29.8 Å². The maximum absolute atomic E-state index is 12.1. The van der Waals surface area contributed by atoms with Crippen molar-refractivity contribution in [2.75, 3.05) is 44.0 Å². The molecule has 1 fully saturated rings. The van der Waals surface area contributed by atoms with Gasteiger partial charge in [-0.2, -0.15) is 0 Å². The lowest BCUT2D eigenvalue weighted by Gasteiger charge is -2.18. The van der Waals surface area contributed by atoms with Gasteiger partial charge in [0.25, 0.3) is 0 Å². The fourth-order valence-electron chi connectivity index (χ4n) is 3.02. The van der Waals surface area contributed by atoms with Crippen LogP contribution in [0.2, 0.25) is 0 Å². The second-order valence-corrected chi connectivity index (χ2v) is 7.58. The number of nitrogens with one attached hydrogen (secondary N) is 1. The zero-order valence-electron chi connectivity index (χ0n) is 16.0. The average Bonchev–Trinajstić information content (AvgIpc) is 3.33. The Morgan fingerprint density at radius 2 is 1.96 bits per heavy atom. The van der Waals surface area contributed by atoms with Crippen LogP contribution >= 0.6 is 11.8 Å². The normalized spacial score (nSPS) is 13.9. The van der Waals surface area contributed by atoms with Crippen LogP contribution in [0.5, 0.6) is 0 Å². The van der Waals surface area contributed by atoms with Crippen LogP contribution in [0.25, 0.3) is 5.69 Å². The number of anilines is 1. The molecular weight excluding hydrogens is 362 g/mol. The molecule has 146 valence electrons. The Morgan fingerprint density at radius 1 is 1.22 bits per heavy atom. The van der Waals surface area contributed by atoms with E-state index in [-0.39, 0.29) is 5.91 Å². The van der Waals surface area contributed by atoms with Gasteiger partial charge < -0.3 is 15.0 Å². The Labute approximate surface area is 164 Å². The Kier molecular flexibility index (Phi) is 7.11. The van der Waals surface area contributed by atoms with Gasteiger partial charge in [0.2, 0.25) is 11.9 Å². The lowest BCUT2D eigenvalue weighted by Crippen LogP contribution is -2.27. The minimum absolute atomic E-state index is 0.00252. The maximum atomic E-state index is 12.1. The number of amides is 1. The number of nitrogens with zero attached hydrogens (tertiary/aromatic N) is 4. The highest BCUT2D eigenvalue weighted by molar-refractivity contribution is 7.99. The number of thioether (sulfide) groups is 1. The van der Waals surface area contributed by atoms with E-state index < -0.39 is 0 Å². The molecule has 1 amide bonds. The molecule has 2 heterocycles. The van der Waals surface area contributed by atoms with Crippen LogP contribution in [0.15, 0.2) is 29.4 Å². The summed E-state index contributed by atoms with van der Waals surface area (Å²) in [5.74, 6) is 1.17. The van der Waals surface area contributed by atoms with E-state index in [9.17, 15) is 4.79 Å². The summed E-state index contributed by atoms with van der Waals surface area (Å²) in [6.45, 7) is 5.33. The van der Waals surface area contributed by atoms with Crippen LogP contribution in [0.1, 0.15) is 24.8 Å². The Balaban J connectivity index is 1.72. The smallest absolute Gasteiger partial charge is 0.232 e. The molecule has 8 heteroatoms. The van der Waals surface area contributed by atoms with E-state index in [4.69, 9.17) is 4.74 Å². The number of carbonyl (C=O) groups excluding carboxylic acids is 1. The molecule has 0 spiro atoms. The number of aromatic nitrogens is 3. The lowest BCUT2D eigenvalue weighted by molar-refractivity contribution is -0.118. The summed E-state index contributed by atoms with van der Waals surface area (Å²) >= 11 is 1.42. The third-order valence-corrected chi connectivity index (χ3v) is 5.41. The number of hydrogen-bond donors (Lipinski definition) is 1. The number of carbonyl (C=O) groups is 1. The van der Waals surface area contributed by atoms with Crippen molar-refractivity contribution in [1.29, 1.82) is 0 Å². The standard InChI is InChI=1S/C19H27N5O2S/c1-15-6-8-16(9-7-15)24-18(23-11-3-4-12-23)21-22-19(24)27-14-17(25)20-10-5-13-26-2/h6-9H,3-5,10-14H2,1-2H3,(H,20,25). The third-order valence-electron chi connectivity index (χ3n) is 4.48. The lowest BCUT2D eigenvalue weighted by atomic mass is 10.2. The van der Waals surface area contributed by atoms with Gasteiger partial charge in [-0.15, -0.1) is 10.2 Å². The van der Waals surface area contributed by atoms with Gasteiger partial charge in [0.05, 0.1) is 11.4 Å². The van der Waals surface area contributed by atoms with Crippen molar-refractivity contribution in [3.63, 3.8) is 0 Å². The first-order chi connectivity index (χ1) is 13.2. The summed E-state index contributed by atoms with van der Waals surface area (Å²) in [4.78, 5) is 14.4.